The molecule has 0 unspecified atom stereocenters. The van der Waals surface area contributed by atoms with E-state index in [2.05, 4.69) is 14.9 Å². The fourth-order valence-corrected chi connectivity index (χ4v) is 2.75. The third kappa shape index (κ3) is 3.68. The van der Waals surface area contributed by atoms with Crippen molar-refractivity contribution in [1.29, 1.82) is 0 Å². The van der Waals surface area contributed by atoms with Crippen LogP contribution in [0.15, 0.2) is 27.5 Å². The number of hydrogen-bond acceptors (Lipinski definition) is 5. The number of nitrogens with one attached hydrogen (secondary N) is 1. The highest BCUT2D eigenvalue weighted by Crippen LogP contribution is 2.16. The predicted molar refractivity (Wildman–Crippen MR) is 78.3 cm³/mol. The zero-order valence-corrected chi connectivity index (χ0v) is 13.4. The Labute approximate surface area is 124 Å². The molecule has 0 saturated heterocycles. The number of nitrogens with zero attached hydrogens (tertiary/aromatic N) is 2. The monoisotopic (exact) mass is 309 g/mol. The first-order valence-corrected chi connectivity index (χ1v) is 8.17. The smallest absolute Gasteiger partial charge is 0.241 e. The van der Waals surface area contributed by atoms with E-state index in [0.29, 0.717) is 5.89 Å². The molecule has 0 aliphatic heterocycles. The normalized spacial score (nSPS) is 12.0. The van der Waals surface area contributed by atoms with Gasteiger partial charge in [-0.2, -0.15) is 0 Å². The molecule has 0 aliphatic carbocycles. The van der Waals surface area contributed by atoms with Crippen LogP contribution in [0.4, 0.5) is 0 Å². The maximum atomic E-state index is 12.2. The van der Waals surface area contributed by atoms with Crippen molar-refractivity contribution in [2.45, 2.75) is 45.1 Å². The highest BCUT2D eigenvalue weighted by Gasteiger charge is 2.17. The van der Waals surface area contributed by atoms with E-state index in [-0.39, 0.29) is 23.2 Å². The zero-order chi connectivity index (χ0) is 15.6. The van der Waals surface area contributed by atoms with Gasteiger partial charge in [-0.05, 0) is 37.1 Å². The minimum Gasteiger partial charge on any atom is -0.424 e. The molecule has 2 aromatic rings. The fraction of sp³-hybridized carbons (Fsp3) is 0.429. The first kappa shape index (κ1) is 15.7. The van der Waals surface area contributed by atoms with Crippen molar-refractivity contribution < 1.29 is 12.8 Å². The number of rotatable bonds is 5. The molecular weight excluding hydrogens is 290 g/mol. The maximum absolute atomic E-state index is 12.2. The molecule has 0 bridgehead atoms. The molecule has 0 spiro atoms. The van der Waals surface area contributed by atoms with E-state index < -0.39 is 10.0 Å². The topological polar surface area (TPSA) is 85.1 Å². The zero-order valence-electron chi connectivity index (χ0n) is 12.5. The van der Waals surface area contributed by atoms with Crippen LogP contribution in [0.5, 0.6) is 0 Å². The van der Waals surface area contributed by atoms with Crippen LogP contribution in [-0.2, 0) is 16.6 Å². The highest BCUT2D eigenvalue weighted by molar-refractivity contribution is 7.89. The summed E-state index contributed by atoms with van der Waals surface area (Å²) in [4.78, 5) is 0.231. The quantitative estimate of drug-likeness (QED) is 0.916. The molecule has 7 heteroatoms. The highest BCUT2D eigenvalue weighted by atomic mass is 32.2. The Bertz CT molecular complexity index is 736. The Morgan fingerprint density at radius 3 is 2.48 bits per heavy atom. The van der Waals surface area contributed by atoms with Gasteiger partial charge < -0.3 is 4.42 Å². The third-order valence-electron chi connectivity index (χ3n) is 3.18. The van der Waals surface area contributed by atoms with Gasteiger partial charge in [0, 0.05) is 5.92 Å². The second-order valence-corrected chi connectivity index (χ2v) is 7.03. The number of sulfonamides is 1. The van der Waals surface area contributed by atoms with E-state index in [1.54, 1.807) is 18.2 Å². The van der Waals surface area contributed by atoms with Crippen LogP contribution in [0, 0.1) is 13.8 Å². The number of hydrogen-bond donors (Lipinski definition) is 1. The molecule has 2 rings (SSSR count). The average molecular weight is 309 g/mol. The van der Waals surface area contributed by atoms with Crippen molar-refractivity contribution in [2.24, 2.45) is 0 Å². The van der Waals surface area contributed by atoms with E-state index in [1.807, 2.05) is 27.7 Å². The Morgan fingerprint density at radius 2 is 1.90 bits per heavy atom. The largest absolute Gasteiger partial charge is 0.424 e. The average Bonchev–Trinajstić information content (AvgIpc) is 2.89. The summed E-state index contributed by atoms with van der Waals surface area (Å²) in [6, 6.07) is 5.01. The maximum Gasteiger partial charge on any atom is 0.241 e. The Kier molecular flexibility index (Phi) is 4.43. The number of aromatic nitrogens is 2. The lowest BCUT2D eigenvalue weighted by Gasteiger charge is -2.07. The first-order valence-electron chi connectivity index (χ1n) is 6.69. The van der Waals surface area contributed by atoms with Gasteiger partial charge in [-0.15, -0.1) is 10.2 Å². The van der Waals surface area contributed by atoms with E-state index >= 15 is 0 Å². The fourth-order valence-electron chi connectivity index (χ4n) is 1.69. The Hall–Kier alpha value is -1.73. The molecule has 1 aromatic carbocycles. The molecule has 1 N–H and O–H groups in total. The lowest BCUT2D eigenvalue weighted by molar-refractivity contribution is 0.427. The van der Waals surface area contributed by atoms with Gasteiger partial charge in [0.15, 0.2) is 0 Å². The summed E-state index contributed by atoms with van der Waals surface area (Å²) in [6.45, 7) is 7.65. The van der Waals surface area contributed by atoms with Crippen LogP contribution in [0.1, 0.15) is 42.7 Å². The van der Waals surface area contributed by atoms with E-state index in [9.17, 15) is 8.42 Å². The van der Waals surface area contributed by atoms with E-state index in [4.69, 9.17) is 4.42 Å². The molecule has 0 atom stereocenters. The van der Waals surface area contributed by atoms with Gasteiger partial charge in [0.1, 0.15) is 0 Å². The second kappa shape index (κ2) is 5.95. The van der Waals surface area contributed by atoms with Gasteiger partial charge in [0.05, 0.1) is 11.4 Å². The van der Waals surface area contributed by atoms with Crippen molar-refractivity contribution >= 4 is 10.0 Å². The molecule has 1 heterocycles. The molecule has 0 saturated carbocycles. The van der Waals surface area contributed by atoms with Crippen molar-refractivity contribution in [3.05, 3.63) is 41.1 Å². The van der Waals surface area contributed by atoms with Crippen molar-refractivity contribution in [1.82, 2.24) is 14.9 Å². The molecule has 0 amide bonds. The molecule has 21 heavy (non-hydrogen) atoms. The minimum atomic E-state index is -3.59. The van der Waals surface area contributed by atoms with Gasteiger partial charge >= 0.3 is 0 Å². The molecule has 0 radical (unpaired) electrons. The van der Waals surface area contributed by atoms with Crippen molar-refractivity contribution in [2.75, 3.05) is 0 Å². The van der Waals surface area contributed by atoms with Crippen molar-refractivity contribution in [3.8, 4) is 0 Å². The summed E-state index contributed by atoms with van der Waals surface area (Å²) >= 11 is 0. The van der Waals surface area contributed by atoms with Crippen LogP contribution in [0.25, 0.3) is 0 Å². The predicted octanol–water partition coefficient (Wildman–Crippen LogP) is 2.29. The molecule has 6 nitrogen and oxygen atoms in total. The van der Waals surface area contributed by atoms with Crippen LogP contribution < -0.4 is 4.72 Å². The van der Waals surface area contributed by atoms with Crippen molar-refractivity contribution in [3.63, 3.8) is 0 Å². The lowest BCUT2D eigenvalue weighted by Crippen LogP contribution is -2.23. The molecule has 0 fully saturated rings. The van der Waals surface area contributed by atoms with Gasteiger partial charge in [-0.1, -0.05) is 19.9 Å². The second-order valence-electron chi connectivity index (χ2n) is 5.26. The van der Waals surface area contributed by atoms with Crippen LogP contribution in [0.2, 0.25) is 0 Å². The summed E-state index contributed by atoms with van der Waals surface area (Å²) < 4.78 is 32.3. The summed E-state index contributed by atoms with van der Waals surface area (Å²) in [5, 5.41) is 7.69. The van der Waals surface area contributed by atoms with Crippen LogP contribution in [0.3, 0.4) is 0 Å². The number of benzene rings is 1. The third-order valence-corrected chi connectivity index (χ3v) is 4.58. The standard InChI is InChI=1S/C14H19N3O3S/c1-9(2)14-17-16-13(20-14)8-15-21(18,19)12-6-5-10(3)11(4)7-12/h5-7,9,15H,8H2,1-4H3. The van der Waals surface area contributed by atoms with E-state index in [0.717, 1.165) is 11.1 Å². The van der Waals surface area contributed by atoms with Gasteiger partial charge in [-0.3, -0.25) is 0 Å². The summed E-state index contributed by atoms with van der Waals surface area (Å²) in [7, 11) is -3.59. The minimum absolute atomic E-state index is 0.0189. The molecule has 1 aromatic heterocycles. The Morgan fingerprint density at radius 1 is 1.19 bits per heavy atom. The van der Waals surface area contributed by atoms with Gasteiger partial charge in [-0.25, -0.2) is 13.1 Å². The Balaban J connectivity index is 2.11. The molecule has 0 aliphatic rings. The summed E-state index contributed by atoms with van der Waals surface area (Å²) in [5.74, 6) is 0.865. The van der Waals surface area contributed by atoms with E-state index in [1.165, 1.54) is 0 Å². The van der Waals surface area contributed by atoms with Gasteiger partial charge in [0.2, 0.25) is 21.8 Å². The number of aryl methyl sites for hydroxylation is 2. The molecular formula is C14H19N3O3S. The SMILES string of the molecule is Cc1ccc(S(=O)(=O)NCc2nnc(C(C)C)o2)cc1C. The summed E-state index contributed by atoms with van der Waals surface area (Å²) in [5.41, 5.74) is 1.98. The first-order chi connectivity index (χ1) is 9.79. The van der Waals surface area contributed by atoms with Crippen LogP contribution in [-0.4, -0.2) is 18.6 Å². The van der Waals surface area contributed by atoms with Gasteiger partial charge in [0.25, 0.3) is 0 Å². The lowest BCUT2D eigenvalue weighted by atomic mass is 10.1. The molecule has 114 valence electrons. The van der Waals surface area contributed by atoms with Crippen LogP contribution >= 0.6 is 0 Å². The summed E-state index contributed by atoms with van der Waals surface area (Å²) in [6.07, 6.45) is 0.